The van der Waals surface area contributed by atoms with Gasteiger partial charge in [-0.05, 0) is 49.9 Å². The van der Waals surface area contributed by atoms with Gasteiger partial charge in [-0.2, -0.15) is 0 Å². The molecule has 1 unspecified atom stereocenters. The van der Waals surface area contributed by atoms with Crippen molar-refractivity contribution < 1.29 is 18.5 Å². The first-order chi connectivity index (χ1) is 16.9. The number of nitrogens with one attached hydrogen (secondary N) is 1. The van der Waals surface area contributed by atoms with E-state index >= 15 is 0 Å². The summed E-state index contributed by atoms with van der Waals surface area (Å²) in [6.07, 6.45) is 5.85. The topological polar surface area (TPSA) is 72.5 Å². The predicted octanol–water partition coefficient (Wildman–Crippen LogP) is 6.02. The van der Waals surface area contributed by atoms with Crippen molar-refractivity contribution >= 4 is 28.4 Å². The molecule has 1 saturated heterocycles. The van der Waals surface area contributed by atoms with Crippen molar-refractivity contribution in [3.63, 3.8) is 0 Å². The molecule has 5 nitrogen and oxygen atoms in total. The molecule has 1 fully saturated rings. The molecule has 1 N–H and O–H groups in total. The summed E-state index contributed by atoms with van der Waals surface area (Å²) in [6.45, 7) is 6.17. The van der Waals surface area contributed by atoms with Gasteiger partial charge < -0.3 is 10.1 Å². The number of anilines is 1. The van der Waals surface area contributed by atoms with Crippen molar-refractivity contribution in [1.82, 2.24) is 0 Å². The number of allylic oxidation sites excluding steroid dienone is 1. The van der Waals surface area contributed by atoms with Crippen molar-refractivity contribution in [2.75, 3.05) is 5.32 Å². The van der Waals surface area contributed by atoms with Crippen LogP contribution in [0.1, 0.15) is 51.5 Å². The highest BCUT2D eigenvalue weighted by molar-refractivity contribution is 7.89. The molecule has 1 aliphatic carbocycles. The second-order valence-corrected chi connectivity index (χ2v) is 11.1. The maximum absolute atomic E-state index is 13.9. The lowest BCUT2D eigenvalue weighted by molar-refractivity contribution is -0.148. The summed E-state index contributed by atoms with van der Waals surface area (Å²) in [5.74, 6) is -2.25. The van der Waals surface area contributed by atoms with Crippen LogP contribution in [-0.2, 0) is 25.1 Å². The predicted molar refractivity (Wildman–Crippen MR) is 139 cm³/mol. The number of benzene rings is 2. The number of aryl methyl sites for hydroxylation is 1. The Morgan fingerprint density at radius 1 is 0.971 bits per heavy atom. The van der Waals surface area contributed by atoms with E-state index in [9.17, 15) is 13.8 Å². The Hall–Kier alpha value is -2.73. The number of rotatable bonds is 9. The van der Waals surface area contributed by atoms with E-state index in [2.05, 4.69) is 19.2 Å². The average Bonchev–Trinajstić information content (AvgIpc) is 3.19. The fraction of sp³-hybridized carbons (Fsp3) is 0.448. The second-order valence-electron chi connectivity index (χ2n) is 9.65. The molecular formula is C29H35NO4S. The number of amides is 1. The number of carbonyl (C=O) groups excluding carboxylic acids is 2. The van der Waals surface area contributed by atoms with Gasteiger partial charge in [0.25, 0.3) is 0 Å². The number of carbonyl (C=O) groups is 2. The monoisotopic (exact) mass is 493 g/mol. The molecule has 0 bridgehead atoms. The van der Waals surface area contributed by atoms with Crippen molar-refractivity contribution in [2.24, 2.45) is 23.7 Å². The van der Waals surface area contributed by atoms with Crippen LogP contribution in [0.4, 0.5) is 5.69 Å². The summed E-state index contributed by atoms with van der Waals surface area (Å²) in [5.41, 5.74) is 1.80. The van der Waals surface area contributed by atoms with Gasteiger partial charge in [0.15, 0.2) is 0 Å². The molecule has 1 heterocycles. The minimum Gasteiger partial charge on any atom is -0.461 e. The van der Waals surface area contributed by atoms with E-state index in [0.717, 1.165) is 41.0 Å². The van der Waals surface area contributed by atoms with E-state index in [0.29, 0.717) is 12.1 Å². The zero-order valence-corrected chi connectivity index (χ0v) is 21.6. The summed E-state index contributed by atoms with van der Waals surface area (Å²) >= 11 is 0. The van der Waals surface area contributed by atoms with Gasteiger partial charge in [-0.1, -0.05) is 75.1 Å². The lowest BCUT2D eigenvalue weighted by Gasteiger charge is -2.37. The Morgan fingerprint density at radius 3 is 2.34 bits per heavy atom. The van der Waals surface area contributed by atoms with Crippen LogP contribution in [0.25, 0.3) is 0 Å². The maximum Gasteiger partial charge on any atom is 0.310 e. The number of fused-ring (bicyclic) bond motifs is 1. The zero-order chi connectivity index (χ0) is 24.9. The number of unbranched alkanes of at least 4 members (excludes halogenated alkanes) is 1. The van der Waals surface area contributed by atoms with E-state index in [4.69, 9.17) is 4.74 Å². The number of ether oxygens (including phenoxy) is 1. The summed E-state index contributed by atoms with van der Waals surface area (Å²) in [7, 11) is -1.42. The highest BCUT2D eigenvalue weighted by Crippen LogP contribution is 2.50. The van der Waals surface area contributed by atoms with Crippen molar-refractivity contribution in [2.45, 2.75) is 63.9 Å². The molecule has 0 aromatic heterocycles. The molecule has 0 spiro atoms. The highest BCUT2D eigenvalue weighted by Gasteiger charge is 2.56. The van der Waals surface area contributed by atoms with Crippen LogP contribution in [-0.4, -0.2) is 22.2 Å². The lowest BCUT2D eigenvalue weighted by Crippen LogP contribution is -2.44. The number of cyclic esters (lactones) is 1. The third-order valence-electron chi connectivity index (χ3n) is 7.14. The van der Waals surface area contributed by atoms with Gasteiger partial charge in [-0.15, -0.1) is 0 Å². The van der Waals surface area contributed by atoms with Crippen LogP contribution in [0, 0.1) is 30.6 Å². The first-order valence-electron chi connectivity index (χ1n) is 12.7. The van der Waals surface area contributed by atoms with Gasteiger partial charge in [0.2, 0.25) is 5.91 Å². The normalized spacial score (nSPS) is 26.4. The summed E-state index contributed by atoms with van der Waals surface area (Å²) in [4.78, 5) is 28.4. The summed E-state index contributed by atoms with van der Waals surface area (Å²) < 4.78 is 19.8. The summed E-state index contributed by atoms with van der Waals surface area (Å²) in [5, 5.41) is 3.02. The minimum absolute atomic E-state index is 0.172. The largest absolute Gasteiger partial charge is 0.461 e. The fourth-order valence-corrected chi connectivity index (χ4v) is 6.93. The minimum atomic E-state index is -1.42. The lowest BCUT2D eigenvalue weighted by atomic mass is 9.68. The van der Waals surface area contributed by atoms with E-state index in [1.165, 1.54) is 0 Å². The molecule has 0 radical (unpaired) electrons. The van der Waals surface area contributed by atoms with Crippen LogP contribution >= 0.6 is 0 Å². The van der Waals surface area contributed by atoms with E-state index in [-0.39, 0.29) is 29.8 Å². The Labute approximate surface area is 210 Å². The first-order valence-corrected chi connectivity index (χ1v) is 13.9. The van der Waals surface area contributed by atoms with Crippen LogP contribution in [0.15, 0.2) is 70.5 Å². The van der Waals surface area contributed by atoms with Gasteiger partial charge in [-0.3, -0.25) is 9.59 Å². The number of hydrogen-bond acceptors (Lipinski definition) is 4. The smallest absolute Gasteiger partial charge is 0.310 e. The van der Waals surface area contributed by atoms with Gasteiger partial charge in [0.05, 0.1) is 22.6 Å². The molecule has 0 saturated carbocycles. The molecule has 2 aromatic carbocycles. The van der Waals surface area contributed by atoms with Gasteiger partial charge in [-0.25, -0.2) is 4.21 Å². The molecule has 1 aliphatic heterocycles. The van der Waals surface area contributed by atoms with Gasteiger partial charge in [0, 0.05) is 21.4 Å². The van der Waals surface area contributed by atoms with Crippen LogP contribution in [0.3, 0.4) is 0 Å². The van der Waals surface area contributed by atoms with Crippen LogP contribution in [0.2, 0.25) is 0 Å². The molecular weight excluding hydrogens is 458 g/mol. The third-order valence-corrected chi connectivity index (χ3v) is 8.68. The van der Waals surface area contributed by atoms with Crippen LogP contribution < -0.4 is 5.32 Å². The quantitative estimate of drug-likeness (QED) is 0.434. The third kappa shape index (κ3) is 5.43. The van der Waals surface area contributed by atoms with Crippen molar-refractivity contribution in [3.05, 3.63) is 71.1 Å². The Bertz CT molecular complexity index is 1100. The fourth-order valence-electron chi connectivity index (χ4n) is 5.43. The molecule has 35 heavy (non-hydrogen) atoms. The molecule has 2 aliphatic rings. The zero-order valence-electron chi connectivity index (χ0n) is 20.7. The molecule has 6 atom stereocenters. The molecule has 2 aromatic rings. The molecule has 186 valence electrons. The maximum atomic E-state index is 13.9. The SMILES string of the molecule is CCCC[C@@H]1OC(=O)[C@@H]2[C@@H](C(=O)Nc3ccccc3)[C@H](CCC)C=C(S(=O)c3ccc(C)cc3)[C@@H]21. The van der Waals surface area contributed by atoms with Crippen LogP contribution in [0.5, 0.6) is 0 Å². The van der Waals surface area contributed by atoms with E-state index in [1.54, 1.807) is 0 Å². The molecule has 4 rings (SSSR count). The number of hydrogen-bond donors (Lipinski definition) is 1. The Morgan fingerprint density at radius 2 is 1.69 bits per heavy atom. The number of esters is 1. The van der Waals surface area contributed by atoms with E-state index in [1.807, 2.05) is 67.6 Å². The summed E-state index contributed by atoms with van der Waals surface area (Å²) in [6, 6.07) is 17.0. The highest BCUT2D eigenvalue weighted by atomic mass is 32.2. The van der Waals surface area contributed by atoms with Crippen molar-refractivity contribution in [3.8, 4) is 0 Å². The van der Waals surface area contributed by atoms with Gasteiger partial charge in [0.1, 0.15) is 6.10 Å². The van der Waals surface area contributed by atoms with Crippen molar-refractivity contribution in [1.29, 1.82) is 0 Å². The molecule has 1 amide bonds. The Kier molecular flexibility index (Phi) is 8.22. The van der Waals surface area contributed by atoms with Gasteiger partial charge >= 0.3 is 5.97 Å². The first kappa shape index (κ1) is 25.4. The van der Waals surface area contributed by atoms with E-state index < -0.39 is 22.6 Å². The standard InChI is InChI=1S/C29H35NO4S/c1-4-6-13-23-26-24(35(33)22-16-14-19(3)15-17-22)18-20(10-5-2)25(27(26)29(32)34-23)28(31)30-21-11-8-7-9-12-21/h7-9,11-12,14-18,20,23,25-27H,4-6,10,13H2,1-3H3,(H,30,31)/t20-,23+,25+,26+,27-,35?/m1/s1. The average molecular weight is 494 g/mol. The second kappa shape index (κ2) is 11.3. The number of para-hydroxylation sites is 1. The Balaban J connectivity index is 1.76. The molecule has 6 heteroatoms.